The molecule has 2 rings (SSSR count). The monoisotopic (exact) mass is 482 g/mol. The van der Waals surface area contributed by atoms with E-state index in [1.807, 2.05) is 6.07 Å². The van der Waals surface area contributed by atoms with Crippen molar-refractivity contribution in [3.05, 3.63) is 58.2 Å². The van der Waals surface area contributed by atoms with Crippen LogP contribution in [-0.2, 0) is 11.2 Å². The predicted molar refractivity (Wildman–Crippen MR) is 146 cm³/mol. The number of carbonyl (C=O) groups is 1. The van der Waals surface area contributed by atoms with Crippen LogP contribution < -0.4 is 9.47 Å². The molecule has 0 aliphatic carbocycles. The minimum Gasteiger partial charge on any atom is -0.494 e. The van der Waals surface area contributed by atoms with E-state index in [-0.39, 0.29) is 12.0 Å². The average molecular weight is 483 g/mol. The molecular formula is C31H46O4. The lowest BCUT2D eigenvalue weighted by Crippen LogP contribution is -2.36. The zero-order valence-corrected chi connectivity index (χ0v) is 22.8. The highest BCUT2D eigenvalue weighted by Crippen LogP contribution is 2.40. The van der Waals surface area contributed by atoms with Gasteiger partial charge in [0.1, 0.15) is 17.1 Å². The van der Waals surface area contributed by atoms with Crippen LogP contribution in [-0.4, -0.2) is 23.3 Å². The molecule has 1 atom stereocenters. The maximum absolute atomic E-state index is 10.7. The minimum absolute atomic E-state index is 0.131. The Bertz CT molecular complexity index is 934. The van der Waals surface area contributed by atoms with E-state index in [0.717, 1.165) is 68.4 Å². The third-order valence-corrected chi connectivity index (χ3v) is 6.69. The first-order valence-electron chi connectivity index (χ1n) is 13.2. The van der Waals surface area contributed by atoms with Crippen molar-refractivity contribution in [3.63, 3.8) is 0 Å². The standard InChI is InChI=1S/C31H46O4/c1-23(2)11-7-12-24(3)13-8-14-25(4)15-9-18-31(6)19-17-27-22-28(21-26(5)30(27)35-31)34-20-10-16-29(32)33/h11,13,15,21-22H,7-10,12,14,16-20H2,1-6H3,(H,32,33)/b24-13+,25-15+/t31-/m1/s1. The summed E-state index contributed by atoms with van der Waals surface area (Å²) in [4.78, 5) is 10.7. The van der Waals surface area contributed by atoms with Crippen LogP contribution in [0.1, 0.15) is 104 Å². The zero-order chi connectivity index (χ0) is 25.8. The topological polar surface area (TPSA) is 55.8 Å². The summed E-state index contributed by atoms with van der Waals surface area (Å²) in [5, 5.41) is 8.77. The maximum Gasteiger partial charge on any atom is 0.303 e. The van der Waals surface area contributed by atoms with E-state index in [9.17, 15) is 4.79 Å². The van der Waals surface area contributed by atoms with Crippen molar-refractivity contribution in [2.45, 2.75) is 111 Å². The summed E-state index contributed by atoms with van der Waals surface area (Å²) in [7, 11) is 0. The Hall–Kier alpha value is -2.49. The second-order valence-corrected chi connectivity index (χ2v) is 10.6. The van der Waals surface area contributed by atoms with Gasteiger partial charge in [0, 0.05) is 6.42 Å². The smallest absolute Gasteiger partial charge is 0.303 e. The Morgan fingerprint density at radius 1 is 1.03 bits per heavy atom. The lowest BCUT2D eigenvalue weighted by molar-refractivity contribution is -0.137. The maximum atomic E-state index is 10.7. The molecule has 0 saturated heterocycles. The van der Waals surface area contributed by atoms with Crippen LogP contribution in [0, 0.1) is 6.92 Å². The van der Waals surface area contributed by atoms with E-state index in [2.05, 4.69) is 65.8 Å². The molecule has 194 valence electrons. The first-order valence-corrected chi connectivity index (χ1v) is 13.2. The molecule has 1 aromatic rings. The van der Waals surface area contributed by atoms with Gasteiger partial charge in [0.05, 0.1) is 6.61 Å². The number of carboxylic acid groups (broad SMARTS) is 1. The van der Waals surface area contributed by atoms with Crippen LogP contribution in [0.4, 0.5) is 0 Å². The summed E-state index contributed by atoms with van der Waals surface area (Å²) in [5.41, 5.74) is 6.46. The summed E-state index contributed by atoms with van der Waals surface area (Å²) < 4.78 is 12.3. The third kappa shape index (κ3) is 10.8. The SMILES string of the molecule is CC(C)=CCC/C(C)=C/CC/C(C)=C/CC[C@]1(C)CCc2cc(OCCCC(=O)O)cc(C)c2O1. The van der Waals surface area contributed by atoms with Crippen molar-refractivity contribution < 1.29 is 19.4 Å². The minimum atomic E-state index is -0.786. The lowest BCUT2D eigenvalue weighted by atomic mass is 9.87. The number of fused-ring (bicyclic) bond motifs is 1. The summed E-state index contributed by atoms with van der Waals surface area (Å²) in [5.74, 6) is 1.01. The van der Waals surface area contributed by atoms with Crippen LogP contribution >= 0.6 is 0 Å². The summed E-state index contributed by atoms with van der Waals surface area (Å²) in [6.07, 6.45) is 16.3. The first-order chi connectivity index (χ1) is 16.6. The van der Waals surface area contributed by atoms with Crippen molar-refractivity contribution in [2.75, 3.05) is 6.61 Å². The fourth-order valence-corrected chi connectivity index (χ4v) is 4.47. The number of benzene rings is 1. The second-order valence-electron chi connectivity index (χ2n) is 10.6. The van der Waals surface area contributed by atoms with Gasteiger partial charge in [-0.2, -0.15) is 0 Å². The van der Waals surface area contributed by atoms with Gasteiger partial charge in [-0.1, -0.05) is 34.9 Å². The molecule has 1 aliphatic rings. The summed E-state index contributed by atoms with van der Waals surface area (Å²) in [6, 6.07) is 4.06. The summed E-state index contributed by atoms with van der Waals surface area (Å²) >= 11 is 0. The van der Waals surface area contributed by atoms with Crippen LogP contribution in [0.15, 0.2) is 47.1 Å². The van der Waals surface area contributed by atoms with E-state index in [0.29, 0.717) is 13.0 Å². The van der Waals surface area contributed by atoms with Crippen molar-refractivity contribution >= 4 is 5.97 Å². The third-order valence-electron chi connectivity index (χ3n) is 6.69. The van der Waals surface area contributed by atoms with Gasteiger partial charge in [0.15, 0.2) is 0 Å². The molecule has 0 spiro atoms. The first kappa shape index (κ1) is 28.7. The Balaban J connectivity index is 1.82. The Kier molecular flexibility index (Phi) is 11.6. The fraction of sp³-hybridized carbons (Fsp3) is 0.581. The number of ether oxygens (including phenoxy) is 2. The van der Waals surface area contributed by atoms with Crippen molar-refractivity contribution in [1.29, 1.82) is 0 Å². The van der Waals surface area contributed by atoms with Crippen molar-refractivity contribution in [1.82, 2.24) is 0 Å². The van der Waals surface area contributed by atoms with Crippen LogP contribution in [0.3, 0.4) is 0 Å². The van der Waals surface area contributed by atoms with Crippen molar-refractivity contribution in [2.24, 2.45) is 0 Å². The molecule has 0 fully saturated rings. The number of allylic oxidation sites excluding steroid dienone is 6. The van der Waals surface area contributed by atoms with E-state index in [1.165, 1.54) is 22.3 Å². The van der Waals surface area contributed by atoms with Crippen LogP contribution in [0.25, 0.3) is 0 Å². The molecule has 1 aliphatic heterocycles. The second kappa shape index (κ2) is 14.2. The van der Waals surface area contributed by atoms with Crippen LogP contribution in [0.5, 0.6) is 11.5 Å². The van der Waals surface area contributed by atoms with Gasteiger partial charge in [0.25, 0.3) is 0 Å². The summed E-state index contributed by atoms with van der Waals surface area (Å²) in [6.45, 7) is 13.5. The largest absolute Gasteiger partial charge is 0.494 e. The molecule has 0 amide bonds. The van der Waals surface area contributed by atoms with Crippen LogP contribution in [0.2, 0.25) is 0 Å². The zero-order valence-electron chi connectivity index (χ0n) is 22.8. The Morgan fingerprint density at radius 2 is 1.69 bits per heavy atom. The molecule has 1 aromatic carbocycles. The molecule has 0 unspecified atom stereocenters. The highest BCUT2D eigenvalue weighted by molar-refractivity contribution is 5.66. The number of hydrogen-bond acceptors (Lipinski definition) is 3. The number of rotatable bonds is 14. The highest BCUT2D eigenvalue weighted by Gasteiger charge is 2.32. The molecule has 0 saturated carbocycles. The van der Waals surface area contributed by atoms with Gasteiger partial charge in [-0.25, -0.2) is 0 Å². The number of carboxylic acids is 1. The Morgan fingerprint density at radius 3 is 2.34 bits per heavy atom. The number of aliphatic carboxylic acids is 1. The van der Waals surface area contributed by atoms with Gasteiger partial charge < -0.3 is 14.6 Å². The molecule has 0 aromatic heterocycles. The molecule has 4 nitrogen and oxygen atoms in total. The van der Waals surface area contributed by atoms with E-state index in [1.54, 1.807) is 0 Å². The quantitative estimate of drug-likeness (QED) is 0.213. The lowest BCUT2D eigenvalue weighted by Gasteiger charge is -2.37. The molecule has 0 bridgehead atoms. The van der Waals surface area contributed by atoms with Crippen molar-refractivity contribution in [3.8, 4) is 11.5 Å². The van der Waals surface area contributed by atoms with E-state index >= 15 is 0 Å². The molecule has 0 radical (unpaired) electrons. The number of hydrogen-bond donors (Lipinski definition) is 1. The predicted octanol–water partition coefficient (Wildman–Crippen LogP) is 8.52. The average Bonchev–Trinajstić information content (AvgIpc) is 2.77. The van der Waals surface area contributed by atoms with Gasteiger partial charge >= 0.3 is 5.97 Å². The molecular weight excluding hydrogens is 436 g/mol. The molecule has 1 N–H and O–H groups in total. The van der Waals surface area contributed by atoms with Gasteiger partial charge in [-0.05, 0) is 123 Å². The number of aryl methyl sites for hydroxylation is 2. The normalized spacial score (nSPS) is 18.0. The van der Waals surface area contributed by atoms with E-state index in [4.69, 9.17) is 14.6 Å². The molecule has 35 heavy (non-hydrogen) atoms. The van der Waals surface area contributed by atoms with Gasteiger partial charge in [0.2, 0.25) is 0 Å². The fourth-order valence-electron chi connectivity index (χ4n) is 4.47. The highest BCUT2D eigenvalue weighted by atomic mass is 16.5. The van der Waals surface area contributed by atoms with E-state index < -0.39 is 5.97 Å². The Labute approximate surface area is 213 Å². The van der Waals surface area contributed by atoms with Gasteiger partial charge in [-0.3, -0.25) is 4.79 Å². The molecule has 4 heteroatoms. The van der Waals surface area contributed by atoms with Gasteiger partial charge in [-0.15, -0.1) is 0 Å². The molecule has 1 heterocycles.